The first-order valence-electron chi connectivity index (χ1n) is 15.8. The third-order valence-corrected chi connectivity index (χ3v) is 11.5. The van der Waals surface area contributed by atoms with Gasteiger partial charge in [-0.2, -0.15) is 0 Å². The summed E-state index contributed by atoms with van der Waals surface area (Å²) in [6.07, 6.45) is 0. The number of benzene rings is 6. The van der Waals surface area contributed by atoms with E-state index in [0.717, 1.165) is 60.7 Å². The van der Waals surface area contributed by atoms with Gasteiger partial charge in [-0.1, -0.05) is 6.07 Å². The van der Waals surface area contributed by atoms with E-state index in [4.69, 9.17) is 0 Å². The largest absolute Gasteiger partial charge is 1.00 e. The zero-order chi connectivity index (χ0) is 44.1. The molecule has 0 saturated heterocycles. The summed E-state index contributed by atoms with van der Waals surface area (Å²) in [7, 11) is -20.9. The molecule has 0 saturated carbocycles. The number of carbonyl (C=O) groups excluding carboxylic acids is 1. The van der Waals surface area contributed by atoms with Crippen molar-refractivity contribution in [1.29, 1.82) is 0 Å². The molecule has 0 radical (unpaired) electrons. The quantitative estimate of drug-likeness (QED) is 0.0422. The number of nitrogens with zero attached hydrogens (tertiary/aromatic N) is 4. The Bertz CT molecular complexity index is 3260. The zero-order valence-electron chi connectivity index (χ0n) is 33.1. The first-order valence-corrected chi connectivity index (χ1v) is 21.4. The van der Waals surface area contributed by atoms with Crippen LogP contribution in [-0.4, -0.2) is 78.3 Å². The van der Waals surface area contributed by atoms with Crippen LogP contribution < -0.4 is 129 Å². The van der Waals surface area contributed by atoms with Gasteiger partial charge < -0.3 is 49.3 Å². The van der Waals surface area contributed by atoms with Gasteiger partial charge in [0.05, 0.1) is 19.6 Å². The van der Waals surface area contributed by atoms with E-state index in [2.05, 4.69) is 31.1 Å². The van der Waals surface area contributed by atoms with Gasteiger partial charge in [0, 0.05) is 22.1 Å². The van der Waals surface area contributed by atoms with Crippen LogP contribution in [0.3, 0.4) is 0 Å². The normalized spacial score (nSPS) is 11.9. The van der Waals surface area contributed by atoms with Crippen LogP contribution in [0.4, 0.5) is 38.9 Å². The van der Waals surface area contributed by atoms with E-state index in [1.807, 2.05) is 0 Å². The molecular weight excluding hydrogens is 973 g/mol. The first-order chi connectivity index (χ1) is 27.8. The number of azo groups is 2. The molecule has 0 aliphatic rings. The molecule has 0 aliphatic carbocycles. The van der Waals surface area contributed by atoms with Gasteiger partial charge in [-0.05, 0) is 89.6 Å². The van der Waals surface area contributed by atoms with Crippen LogP contribution in [0.5, 0.6) is 23.0 Å². The van der Waals surface area contributed by atoms with Crippen molar-refractivity contribution in [2.75, 3.05) is 10.6 Å². The Morgan fingerprint density at radius 1 is 0.469 bits per heavy atom. The third kappa shape index (κ3) is 13.2. The Kier molecular flexibility index (Phi) is 19.6. The molecule has 0 atom stereocenters. The molecule has 0 aliphatic heterocycles. The van der Waals surface area contributed by atoms with Crippen molar-refractivity contribution in [1.82, 2.24) is 0 Å². The summed E-state index contributed by atoms with van der Waals surface area (Å²) in [6.45, 7) is 0. The predicted molar refractivity (Wildman–Crippen MR) is 200 cm³/mol. The fraction of sp³-hybridized carbons (Fsp3) is 0. The van der Waals surface area contributed by atoms with E-state index in [0.29, 0.717) is 12.1 Å². The van der Waals surface area contributed by atoms with Crippen molar-refractivity contribution >= 4 is 102 Å². The van der Waals surface area contributed by atoms with Crippen molar-refractivity contribution in [2.24, 2.45) is 20.5 Å². The van der Waals surface area contributed by atoms with E-state index in [-0.39, 0.29) is 151 Å². The van der Waals surface area contributed by atoms with Crippen molar-refractivity contribution in [3.05, 3.63) is 84.9 Å². The number of hydrogen-bond acceptors (Lipinski definition) is 21. The van der Waals surface area contributed by atoms with E-state index < -0.39 is 112 Å². The summed E-state index contributed by atoms with van der Waals surface area (Å²) in [6, 6.07) is 11.9. The maximum absolute atomic E-state index is 13.0. The summed E-state index contributed by atoms with van der Waals surface area (Å²) < 4.78 is 142. The number of anilines is 2. The Labute approximate surface area is 450 Å². The molecule has 23 nitrogen and oxygen atoms in total. The SMILES string of the molecule is O=C(Nc1ccc2c(O)c(N=Nc3cc(S(=O)(=O)[O-])ccc3O)c(S(=O)(=O)[O-])cc2c1)Nc1ccc2c(S(=O)(=O)[O-])c(N=Nc3cc(S(=O)(=O)[O-])ccc3O)c(O)cc2c1.[Na+].[Na+].[Na+].[Na+]. The van der Waals surface area contributed by atoms with Crippen molar-refractivity contribution in [2.45, 2.75) is 19.6 Å². The molecule has 0 heterocycles. The van der Waals surface area contributed by atoms with Crippen molar-refractivity contribution in [3.63, 3.8) is 0 Å². The molecule has 0 fully saturated rings. The van der Waals surface area contributed by atoms with E-state index >= 15 is 0 Å². The molecule has 64 heavy (non-hydrogen) atoms. The van der Waals surface area contributed by atoms with Crippen LogP contribution in [0.25, 0.3) is 21.5 Å². The number of phenols is 4. The Morgan fingerprint density at radius 3 is 1.34 bits per heavy atom. The van der Waals surface area contributed by atoms with Gasteiger partial charge in [0.1, 0.15) is 80.5 Å². The molecule has 6 aromatic rings. The van der Waals surface area contributed by atoms with Crippen molar-refractivity contribution < 1.29 is 195 Å². The van der Waals surface area contributed by atoms with Gasteiger partial charge in [-0.15, -0.1) is 20.5 Å². The molecule has 312 valence electrons. The summed E-state index contributed by atoms with van der Waals surface area (Å²) in [5, 5.41) is 59.8. The minimum absolute atomic E-state index is 0. The molecule has 2 amide bonds. The number of aromatic hydroxyl groups is 4. The van der Waals surface area contributed by atoms with Crippen molar-refractivity contribution in [3.8, 4) is 23.0 Å². The summed E-state index contributed by atoms with van der Waals surface area (Å²) in [5.41, 5.74) is -3.22. The first kappa shape index (κ1) is 57.3. The second-order valence-corrected chi connectivity index (χ2v) is 17.5. The third-order valence-electron chi connectivity index (χ3n) is 8.12. The molecule has 31 heteroatoms. The van der Waals surface area contributed by atoms with Gasteiger partial charge in [0.25, 0.3) is 0 Å². The molecule has 0 unspecified atom stereocenters. The molecule has 6 aromatic carbocycles. The van der Waals surface area contributed by atoms with Crippen LogP contribution in [-0.2, 0) is 40.5 Å². The number of phenolic OH excluding ortho intramolecular Hbond substituents is 4. The minimum atomic E-state index is -5.46. The average molecular weight is 993 g/mol. The van der Waals surface area contributed by atoms with Crippen LogP contribution in [0.1, 0.15) is 0 Å². The standard InChI is InChI=1S/C33H24N6O17S4.4Na/c40-25-7-3-19(57(45,46)47)13-23(25)36-38-29-27(42)11-15-9-18(2-6-22(15)32(29)60(54,55)56)35-33(44)34-17-1-5-21-16(10-17)12-28(59(51,52)53)30(31(21)43)39-37-24-14-20(58(48,49)50)4-8-26(24)41;;;;/h1-14,40-43H,(H2,34,35,44)(H,45,46,47)(H,48,49,50)(H,51,52,53)(H,54,55,56);;;;/q;4*+1/p-4. The summed E-state index contributed by atoms with van der Waals surface area (Å²) >= 11 is 0. The van der Waals surface area contributed by atoms with E-state index in [1.165, 1.54) is 12.1 Å². The van der Waals surface area contributed by atoms with E-state index in [1.54, 1.807) is 0 Å². The topological polar surface area (TPSA) is 400 Å². The van der Waals surface area contributed by atoms with Gasteiger partial charge in [-0.3, -0.25) is 0 Å². The Hall–Kier alpha value is -2.85. The molecule has 0 aromatic heterocycles. The maximum Gasteiger partial charge on any atom is 1.00 e. The number of urea groups is 1. The van der Waals surface area contributed by atoms with Gasteiger partial charge in [0.2, 0.25) is 0 Å². The number of rotatable bonds is 10. The number of nitrogens with one attached hydrogen (secondary N) is 2. The predicted octanol–water partition coefficient (Wildman–Crippen LogP) is -7.08. The average Bonchev–Trinajstić information content (AvgIpc) is 3.12. The second kappa shape index (κ2) is 21.8. The molecule has 6 rings (SSSR count). The number of carbonyl (C=O) groups is 1. The Morgan fingerprint density at radius 2 is 0.906 bits per heavy atom. The van der Waals surface area contributed by atoms with Crippen LogP contribution in [0.2, 0.25) is 0 Å². The monoisotopic (exact) mass is 992 g/mol. The summed E-state index contributed by atoms with van der Waals surface area (Å²) in [5.74, 6) is -3.26. The number of amides is 2. The van der Waals surface area contributed by atoms with Crippen LogP contribution >= 0.6 is 0 Å². The van der Waals surface area contributed by atoms with Crippen LogP contribution in [0.15, 0.2) is 125 Å². The Balaban J connectivity index is 0.00000352. The summed E-state index contributed by atoms with van der Waals surface area (Å²) in [4.78, 5) is 9.10. The smallest absolute Gasteiger partial charge is 0.744 e. The molecular formula is C33H20N6Na4O17S4. The zero-order valence-corrected chi connectivity index (χ0v) is 44.4. The van der Waals surface area contributed by atoms with E-state index in [9.17, 15) is 77.1 Å². The minimum Gasteiger partial charge on any atom is -0.744 e. The van der Waals surface area contributed by atoms with Crippen LogP contribution in [0, 0.1) is 0 Å². The fourth-order valence-electron chi connectivity index (χ4n) is 5.47. The fourth-order valence-corrected chi connectivity index (χ4v) is 7.94. The maximum atomic E-state index is 13.0. The molecule has 6 N–H and O–H groups in total. The second-order valence-electron chi connectivity index (χ2n) is 12.1. The molecule has 0 bridgehead atoms. The number of hydrogen-bond donors (Lipinski definition) is 6. The van der Waals surface area contributed by atoms with Gasteiger partial charge in [0.15, 0.2) is 5.75 Å². The molecule has 0 spiro atoms. The van der Waals surface area contributed by atoms with Gasteiger partial charge >= 0.3 is 124 Å². The number of fused-ring (bicyclic) bond motifs is 2. The van der Waals surface area contributed by atoms with Gasteiger partial charge in [-0.25, -0.2) is 38.5 Å².